The van der Waals surface area contributed by atoms with Gasteiger partial charge in [-0.3, -0.25) is 9.36 Å². The van der Waals surface area contributed by atoms with Gasteiger partial charge in [-0.25, -0.2) is 15.0 Å². The molecular weight excluding hydrogens is 538 g/mol. The highest BCUT2D eigenvalue weighted by Crippen LogP contribution is 2.22. The van der Waals surface area contributed by atoms with Crippen LogP contribution in [0.1, 0.15) is 48.8 Å². The summed E-state index contributed by atoms with van der Waals surface area (Å²) in [5.74, 6) is 7.30. The Hall–Kier alpha value is -3.84. The van der Waals surface area contributed by atoms with Gasteiger partial charge in [0.25, 0.3) is 5.56 Å². The van der Waals surface area contributed by atoms with Gasteiger partial charge in [-0.2, -0.15) is 4.98 Å². The van der Waals surface area contributed by atoms with Crippen molar-refractivity contribution in [2.24, 2.45) is 5.92 Å². The zero-order chi connectivity index (χ0) is 28.0. The van der Waals surface area contributed by atoms with Crippen LogP contribution in [0.25, 0.3) is 11.0 Å². The van der Waals surface area contributed by atoms with Crippen LogP contribution in [-0.2, 0) is 17.7 Å². The van der Waals surface area contributed by atoms with Gasteiger partial charge in [0.2, 0.25) is 5.95 Å². The van der Waals surface area contributed by atoms with Gasteiger partial charge >= 0.3 is 0 Å². The lowest BCUT2D eigenvalue weighted by Gasteiger charge is -2.22. The van der Waals surface area contributed by atoms with Crippen molar-refractivity contribution in [2.75, 3.05) is 25.0 Å². The number of nitrogens with zero attached hydrogens (tertiary/aromatic N) is 5. The molecule has 1 aromatic carbocycles. The molecule has 0 bridgehead atoms. The van der Waals surface area contributed by atoms with Crippen molar-refractivity contribution in [1.29, 1.82) is 0 Å². The van der Waals surface area contributed by atoms with Crippen LogP contribution in [0.5, 0.6) is 0 Å². The van der Waals surface area contributed by atoms with Gasteiger partial charge in [-0.1, -0.05) is 35.6 Å². The largest absolute Gasteiger partial charge is 0.366 e. The normalized spacial score (nSPS) is 17.6. The highest BCUT2D eigenvalue weighted by molar-refractivity contribution is 6.30. The van der Waals surface area contributed by atoms with E-state index in [1.54, 1.807) is 23.0 Å². The summed E-state index contributed by atoms with van der Waals surface area (Å²) in [5.41, 5.74) is 3.36. The van der Waals surface area contributed by atoms with Crippen molar-refractivity contribution in [3.8, 4) is 11.8 Å². The van der Waals surface area contributed by atoms with Crippen molar-refractivity contribution in [3.05, 3.63) is 81.3 Å². The molecule has 6 rings (SSSR count). The average Bonchev–Trinajstić information content (AvgIpc) is 3.01. The van der Waals surface area contributed by atoms with Crippen molar-refractivity contribution in [1.82, 2.24) is 29.8 Å². The molecule has 10 heteroatoms. The van der Waals surface area contributed by atoms with Gasteiger partial charge in [0.15, 0.2) is 0 Å². The molecule has 2 aliphatic rings. The lowest BCUT2D eigenvalue weighted by atomic mass is 9.91. The van der Waals surface area contributed by atoms with Gasteiger partial charge < -0.3 is 15.4 Å². The summed E-state index contributed by atoms with van der Waals surface area (Å²) in [6.45, 7) is 3.03. The first-order valence-electron chi connectivity index (χ1n) is 14.2. The number of halogens is 1. The van der Waals surface area contributed by atoms with E-state index in [1.165, 1.54) is 24.7 Å². The fourth-order valence-electron chi connectivity index (χ4n) is 5.36. The number of fused-ring (bicyclic) bond motifs is 1. The predicted molar refractivity (Wildman–Crippen MR) is 159 cm³/mol. The first-order chi connectivity index (χ1) is 20.1. The van der Waals surface area contributed by atoms with E-state index in [-0.39, 0.29) is 23.4 Å². The molecule has 0 amide bonds. The zero-order valence-corrected chi connectivity index (χ0v) is 23.5. The third-order valence-corrected chi connectivity index (χ3v) is 7.97. The van der Waals surface area contributed by atoms with E-state index in [1.807, 2.05) is 12.1 Å². The van der Waals surface area contributed by atoms with Crippen LogP contribution >= 0.6 is 11.6 Å². The molecule has 3 aromatic heterocycles. The number of hydrogen-bond donors (Lipinski definition) is 2. The molecule has 0 saturated carbocycles. The molecule has 2 N–H and O–H groups in total. The van der Waals surface area contributed by atoms with Crippen molar-refractivity contribution < 1.29 is 4.74 Å². The SMILES string of the molecule is O=c1c(C#CC2CCCCO2)cc2cnc(Nc3ccc(CC4CCNCC4)cc3)nc2n1Cc1cncnc1Cl. The number of pyridine rings is 1. The Balaban J connectivity index is 1.30. The van der Waals surface area contributed by atoms with E-state index >= 15 is 0 Å². The average molecular weight is 570 g/mol. The van der Waals surface area contributed by atoms with Gasteiger partial charge in [-0.05, 0) is 81.3 Å². The summed E-state index contributed by atoms with van der Waals surface area (Å²) in [6.07, 6.45) is 11.0. The topological polar surface area (TPSA) is 107 Å². The third kappa shape index (κ3) is 6.73. The second-order valence-electron chi connectivity index (χ2n) is 10.6. The maximum Gasteiger partial charge on any atom is 0.268 e. The molecule has 2 fully saturated rings. The minimum absolute atomic E-state index is 0.145. The summed E-state index contributed by atoms with van der Waals surface area (Å²) in [6, 6.07) is 10.1. The van der Waals surface area contributed by atoms with Crippen LogP contribution in [0.4, 0.5) is 11.6 Å². The molecule has 0 spiro atoms. The molecule has 0 radical (unpaired) electrons. The van der Waals surface area contributed by atoms with Crippen LogP contribution in [-0.4, -0.2) is 50.3 Å². The van der Waals surface area contributed by atoms with E-state index in [2.05, 4.69) is 49.6 Å². The van der Waals surface area contributed by atoms with Crippen molar-refractivity contribution in [3.63, 3.8) is 0 Å². The van der Waals surface area contributed by atoms with E-state index in [4.69, 9.17) is 21.3 Å². The Morgan fingerprint density at radius 3 is 2.73 bits per heavy atom. The van der Waals surface area contributed by atoms with E-state index < -0.39 is 0 Å². The summed E-state index contributed by atoms with van der Waals surface area (Å²) >= 11 is 6.33. The number of aromatic nitrogens is 5. The lowest BCUT2D eigenvalue weighted by molar-refractivity contribution is 0.0526. The molecule has 210 valence electrons. The minimum atomic E-state index is -0.271. The predicted octanol–water partition coefficient (Wildman–Crippen LogP) is 4.49. The molecule has 4 aromatic rings. The number of piperidine rings is 1. The quantitative estimate of drug-likeness (QED) is 0.258. The highest BCUT2D eigenvalue weighted by atomic mass is 35.5. The maximum absolute atomic E-state index is 13.7. The summed E-state index contributed by atoms with van der Waals surface area (Å²) in [7, 11) is 0. The first-order valence-corrected chi connectivity index (χ1v) is 14.5. The molecule has 9 nitrogen and oxygen atoms in total. The second-order valence-corrected chi connectivity index (χ2v) is 11.0. The minimum Gasteiger partial charge on any atom is -0.366 e. The number of rotatable bonds is 6. The van der Waals surface area contributed by atoms with E-state index in [9.17, 15) is 4.79 Å². The summed E-state index contributed by atoms with van der Waals surface area (Å²) < 4.78 is 7.29. The van der Waals surface area contributed by atoms with E-state index in [0.717, 1.165) is 50.4 Å². The smallest absolute Gasteiger partial charge is 0.268 e. The highest BCUT2D eigenvalue weighted by Gasteiger charge is 2.16. The fraction of sp³-hybridized carbons (Fsp3) is 0.387. The lowest BCUT2D eigenvalue weighted by Crippen LogP contribution is -2.28. The van der Waals surface area contributed by atoms with E-state index in [0.29, 0.717) is 34.7 Å². The van der Waals surface area contributed by atoms with Crippen LogP contribution < -0.4 is 16.2 Å². The Labute approximate surface area is 243 Å². The molecule has 2 aliphatic heterocycles. The van der Waals surface area contributed by atoms with Crippen LogP contribution in [0.15, 0.2) is 53.8 Å². The van der Waals surface area contributed by atoms with Crippen LogP contribution in [0.3, 0.4) is 0 Å². The molecule has 2 saturated heterocycles. The monoisotopic (exact) mass is 569 g/mol. The molecular formula is C31H32ClN7O2. The van der Waals surface area contributed by atoms with Crippen molar-refractivity contribution >= 4 is 34.3 Å². The zero-order valence-electron chi connectivity index (χ0n) is 22.8. The van der Waals surface area contributed by atoms with Gasteiger partial charge in [0, 0.05) is 35.6 Å². The Morgan fingerprint density at radius 2 is 1.95 bits per heavy atom. The molecule has 41 heavy (non-hydrogen) atoms. The number of benzene rings is 1. The molecule has 0 aliphatic carbocycles. The van der Waals surface area contributed by atoms with Gasteiger partial charge in [0.05, 0.1) is 12.1 Å². The van der Waals surface area contributed by atoms with Gasteiger partial charge in [-0.15, -0.1) is 0 Å². The molecule has 5 heterocycles. The number of anilines is 2. The Bertz CT molecular complexity index is 1630. The summed E-state index contributed by atoms with van der Waals surface area (Å²) in [4.78, 5) is 31.1. The number of nitrogens with one attached hydrogen (secondary N) is 2. The Morgan fingerprint density at radius 1 is 1.10 bits per heavy atom. The molecule has 1 atom stereocenters. The second kappa shape index (κ2) is 12.8. The number of hydrogen-bond acceptors (Lipinski definition) is 8. The maximum atomic E-state index is 13.7. The molecule has 1 unspecified atom stereocenters. The standard InChI is InChI=1S/C31H32ClN7O2/c32-28-25(17-34-20-36-28)19-39-29-24(16-23(30(39)40)6-9-27-3-1-2-14-41-27)18-35-31(38-29)37-26-7-4-21(5-8-26)15-22-10-12-33-13-11-22/h4-5,7-8,16-18,20,22,27,33H,1-3,10-15,19H2,(H,35,37,38). The third-order valence-electron chi connectivity index (χ3n) is 7.63. The Kier molecular flexibility index (Phi) is 8.52. The summed E-state index contributed by atoms with van der Waals surface area (Å²) in [5, 5.41) is 7.69. The van der Waals surface area contributed by atoms with Crippen LogP contribution in [0, 0.1) is 17.8 Å². The van der Waals surface area contributed by atoms with Crippen molar-refractivity contribution in [2.45, 2.75) is 51.2 Å². The first kappa shape index (κ1) is 27.3. The number of ether oxygens (including phenoxy) is 1. The van der Waals surface area contributed by atoms with Crippen LogP contribution in [0.2, 0.25) is 5.15 Å². The fourth-order valence-corrected chi connectivity index (χ4v) is 5.51. The van der Waals surface area contributed by atoms with Gasteiger partial charge in [0.1, 0.15) is 23.2 Å².